The monoisotopic (exact) mass is 260 g/mol. The van der Waals surface area contributed by atoms with Crippen molar-refractivity contribution in [2.24, 2.45) is 0 Å². The van der Waals surface area contributed by atoms with Crippen LogP contribution in [-0.2, 0) is 0 Å². The van der Waals surface area contributed by atoms with Crippen LogP contribution < -0.4 is 11.1 Å². The molecule has 0 fully saturated rings. The minimum atomic E-state index is -0.194. The van der Waals surface area contributed by atoms with Crippen molar-refractivity contribution in [1.82, 2.24) is 0 Å². The normalized spacial score (nSPS) is 10.1. The molecule has 0 radical (unpaired) electrons. The van der Waals surface area contributed by atoms with Gasteiger partial charge in [0.25, 0.3) is 5.91 Å². The fraction of sp³-hybridized carbons (Fsp3) is 0.0714. The van der Waals surface area contributed by atoms with E-state index in [2.05, 4.69) is 5.32 Å². The Kier molecular flexibility index (Phi) is 3.53. The number of halogens is 1. The van der Waals surface area contributed by atoms with Gasteiger partial charge in [0.05, 0.1) is 0 Å². The Balaban J connectivity index is 2.24. The molecule has 2 rings (SSSR count). The molecule has 0 bridgehead atoms. The first-order chi connectivity index (χ1) is 8.56. The standard InChI is InChI=1S/C14H13ClN2O/c1-9-5-6-10(15)7-13(9)14(18)17-12-4-2-3-11(16)8-12/h2-8H,16H2,1H3,(H,17,18). The fourth-order valence-corrected chi connectivity index (χ4v) is 1.83. The lowest BCUT2D eigenvalue weighted by molar-refractivity contribution is 0.102. The van der Waals surface area contributed by atoms with Crippen molar-refractivity contribution in [3.63, 3.8) is 0 Å². The lowest BCUT2D eigenvalue weighted by Crippen LogP contribution is -2.13. The van der Waals surface area contributed by atoms with Crippen LogP contribution >= 0.6 is 11.6 Å². The SMILES string of the molecule is Cc1ccc(Cl)cc1C(=O)Nc1cccc(N)c1. The topological polar surface area (TPSA) is 55.1 Å². The number of rotatable bonds is 2. The third kappa shape index (κ3) is 2.81. The molecule has 0 aliphatic rings. The Morgan fingerprint density at radius 2 is 2.00 bits per heavy atom. The lowest BCUT2D eigenvalue weighted by atomic mass is 10.1. The second-order valence-corrected chi connectivity index (χ2v) is 4.48. The Hall–Kier alpha value is -2.00. The van der Waals surface area contributed by atoms with Gasteiger partial charge in [0, 0.05) is 22.0 Å². The lowest BCUT2D eigenvalue weighted by Gasteiger charge is -2.08. The van der Waals surface area contributed by atoms with Gasteiger partial charge >= 0.3 is 0 Å². The van der Waals surface area contributed by atoms with Gasteiger partial charge in [-0.15, -0.1) is 0 Å². The van der Waals surface area contributed by atoms with E-state index in [1.165, 1.54) is 0 Å². The zero-order valence-corrected chi connectivity index (χ0v) is 10.7. The van der Waals surface area contributed by atoms with Gasteiger partial charge < -0.3 is 11.1 Å². The maximum Gasteiger partial charge on any atom is 0.255 e. The van der Waals surface area contributed by atoms with Gasteiger partial charge in [0.1, 0.15) is 0 Å². The van der Waals surface area contributed by atoms with E-state index in [4.69, 9.17) is 17.3 Å². The van der Waals surface area contributed by atoms with Crippen molar-refractivity contribution < 1.29 is 4.79 Å². The largest absolute Gasteiger partial charge is 0.399 e. The molecule has 0 heterocycles. The molecule has 0 saturated carbocycles. The van der Waals surface area contributed by atoms with Gasteiger partial charge in [0.15, 0.2) is 0 Å². The summed E-state index contributed by atoms with van der Waals surface area (Å²) in [6.07, 6.45) is 0. The summed E-state index contributed by atoms with van der Waals surface area (Å²) in [5, 5.41) is 3.33. The van der Waals surface area contributed by atoms with Crippen LogP contribution in [0.1, 0.15) is 15.9 Å². The van der Waals surface area contributed by atoms with Gasteiger partial charge in [-0.2, -0.15) is 0 Å². The number of nitrogens with one attached hydrogen (secondary N) is 1. The quantitative estimate of drug-likeness (QED) is 0.812. The second-order valence-electron chi connectivity index (χ2n) is 4.04. The zero-order chi connectivity index (χ0) is 13.1. The Morgan fingerprint density at radius 1 is 1.22 bits per heavy atom. The number of carbonyl (C=O) groups is 1. The van der Waals surface area contributed by atoms with Crippen LogP contribution in [0.3, 0.4) is 0 Å². The summed E-state index contributed by atoms with van der Waals surface area (Å²) in [6, 6.07) is 12.3. The van der Waals surface area contributed by atoms with Crippen LogP contribution in [0.15, 0.2) is 42.5 Å². The van der Waals surface area contributed by atoms with Crippen LogP contribution in [0.4, 0.5) is 11.4 Å². The number of hydrogen-bond acceptors (Lipinski definition) is 2. The predicted molar refractivity (Wildman–Crippen MR) is 75.0 cm³/mol. The smallest absolute Gasteiger partial charge is 0.255 e. The number of amides is 1. The minimum Gasteiger partial charge on any atom is -0.399 e. The first-order valence-corrected chi connectivity index (χ1v) is 5.87. The highest BCUT2D eigenvalue weighted by atomic mass is 35.5. The molecule has 18 heavy (non-hydrogen) atoms. The predicted octanol–water partition coefficient (Wildman–Crippen LogP) is 3.48. The van der Waals surface area contributed by atoms with Crippen molar-refractivity contribution in [3.8, 4) is 0 Å². The first-order valence-electron chi connectivity index (χ1n) is 5.49. The molecule has 3 N–H and O–H groups in total. The first kappa shape index (κ1) is 12.5. The molecule has 1 amide bonds. The van der Waals surface area contributed by atoms with Crippen molar-refractivity contribution in [2.45, 2.75) is 6.92 Å². The summed E-state index contributed by atoms with van der Waals surface area (Å²) in [7, 11) is 0. The third-order valence-corrected chi connectivity index (χ3v) is 2.82. The van der Waals surface area contributed by atoms with Crippen LogP contribution in [0.25, 0.3) is 0 Å². The summed E-state index contributed by atoms with van der Waals surface area (Å²) in [5.74, 6) is -0.194. The Bertz CT molecular complexity index is 596. The maximum atomic E-state index is 12.1. The van der Waals surface area contributed by atoms with Crippen LogP contribution in [0.2, 0.25) is 5.02 Å². The van der Waals surface area contributed by atoms with Gasteiger partial charge in [-0.25, -0.2) is 0 Å². The van der Waals surface area contributed by atoms with Gasteiger partial charge in [-0.3, -0.25) is 4.79 Å². The Labute approximate surface area is 111 Å². The molecule has 2 aromatic rings. The second kappa shape index (κ2) is 5.10. The van der Waals surface area contributed by atoms with Gasteiger partial charge in [-0.05, 0) is 42.8 Å². The van der Waals surface area contributed by atoms with Crippen LogP contribution in [0.5, 0.6) is 0 Å². The minimum absolute atomic E-state index is 0.194. The average molecular weight is 261 g/mol. The molecule has 0 aliphatic carbocycles. The molecule has 2 aromatic carbocycles. The van der Waals surface area contributed by atoms with Crippen molar-refractivity contribution >= 4 is 28.9 Å². The average Bonchev–Trinajstić information content (AvgIpc) is 2.32. The summed E-state index contributed by atoms with van der Waals surface area (Å²) >= 11 is 5.89. The van der Waals surface area contributed by atoms with E-state index < -0.39 is 0 Å². The van der Waals surface area contributed by atoms with Crippen LogP contribution in [0, 0.1) is 6.92 Å². The fourth-order valence-electron chi connectivity index (χ4n) is 1.65. The summed E-state index contributed by atoms with van der Waals surface area (Å²) in [4.78, 5) is 12.1. The van der Waals surface area contributed by atoms with Crippen molar-refractivity contribution in [3.05, 3.63) is 58.6 Å². The van der Waals surface area contributed by atoms with E-state index in [1.807, 2.05) is 13.0 Å². The van der Waals surface area contributed by atoms with Crippen molar-refractivity contribution in [1.29, 1.82) is 0 Å². The summed E-state index contributed by atoms with van der Waals surface area (Å²) in [6.45, 7) is 1.87. The summed E-state index contributed by atoms with van der Waals surface area (Å²) < 4.78 is 0. The zero-order valence-electron chi connectivity index (χ0n) is 9.91. The number of nitrogen functional groups attached to an aromatic ring is 1. The van der Waals surface area contributed by atoms with E-state index in [1.54, 1.807) is 36.4 Å². The molecular formula is C14H13ClN2O. The van der Waals surface area contributed by atoms with Crippen LogP contribution in [-0.4, -0.2) is 5.91 Å². The van der Waals surface area contributed by atoms with Gasteiger partial charge in [0.2, 0.25) is 0 Å². The number of nitrogens with two attached hydrogens (primary N) is 1. The number of benzene rings is 2. The highest BCUT2D eigenvalue weighted by Crippen LogP contribution is 2.18. The number of carbonyl (C=O) groups excluding carboxylic acids is 1. The molecule has 0 atom stereocenters. The number of hydrogen-bond donors (Lipinski definition) is 2. The van der Waals surface area contributed by atoms with E-state index in [0.717, 1.165) is 5.56 Å². The highest BCUT2D eigenvalue weighted by molar-refractivity contribution is 6.31. The highest BCUT2D eigenvalue weighted by Gasteiger charge is 2.09. The third-order valence-electron chi connectivity index (χ3n) is 2.59. The molecule has 0 spiro atoms. The molecule has 92 valence electrons. The molecule has 0 unspecified atom stereocenters. The molecule has 0 aromatic heterocycles. The summed E-state index contributed by atoms with van der Waals surface area (Å²) in [5.41, 5.74) is 8.36. The maximum absolute atomic E-state index is 12.1. The Morgan fingerprint density at radius 3 is 2.72 bits per heavy atom. The molecule has 4 heteroatoms. The number of aryl methyl sites for hydroxylation is 1. The van der Waals surface area contributed by atoms with E-state index in [0.29, 0.717) is 22.0 Å². The molecule has 0 saturated heterocycles. The molecule has 3 nitrogen and oxygen atoms in total. The molecular weight excluding hydrogens is 248 g/mol. The van der Waals surface area contributed by atoms with Gasteiger partial charge in [-0.1, -0.05) is 23.7 Å². The van der Waals surface area contributed by atoms with E-state index in [-0.39, 0.29) is 5.91 Å². The number of anilines is 2. The molecule has 0 aliphatic heterocycles. The van der Waals surface area contributed by atoms with E-state index >= 15 is 0 Å². The van der Waals surface area contributed by atoms with E-state index in [9.17, 15) is 4.79 Å². The van der Waals surface area contributed by atoms with Crippen molar-refractivity contribution in [2.75, 3.05) is 11.1 Å².